The molecule has 0 atom stereocenters. The zero-order valence-electron chi connectivity index (χ0n) is 8.01. The summed E-state index contributed by atoms with van der Waals surface area (Å²) in [6, 6.07) is 0. The summed E-state index contributed by atoms with van der Waals surface area (Å²) < 4.78 is 6.57. The molecule has 1 aromatic heterocycles. The van der Waals surface area contributed by atoms with Gasteiger partial charge >= 0.3 is 0 Å². The van der Waals surface area contributed by atoms with Crippen LogP contribution in [0, 0.1) is 0 Å². The number of carbonyl (C=O) groups excluding carboxylic acids is 1. The zero-order chi connectivity index (χ0) is 10.4. The van der Waals surface area contributed by atoms with E-state index in [1.54, 1.807) is 6.20 Å². The number of nitrogens with zero attached hydrogens (tertiary/aromatic N) is 3. The molecule has 0 aliphatic heterocycles. The number of ether oxygens (including phenoxy) is 1. The fourth-order valence-electron chi connectivity index (χ4n) is 0.894. The van der Waals surface area contributed by atoms with Crippen LogP contribution in [0.2, 0.25) is 0 Å². The van der Waals surface area contributed by atoms with Crippen molar-refractivity contribution in [3.05, 3.63) is 11.9 Å². The molecule has 0 aromatic carbocycles. The lowest BCUT2D eigenvalue weighted by atomic mass is 10.3. The van der Waals surface area contributed by atoms with Crippen LogP contribution in [0.25, 0.3) is 0 Å². The van der Waals surface area contributed by atoms with E-state index < -0.39 is 0 Å². The second-order valence-electron chi connectivity index (χ2n) is 2.76. The smallest absolute Gasteiger partial charge is 0.181 e. The minimum atomic E-state index is -0.104. The van der Waals surface area contributed by atoms with Gasteiger partial charge in [-0.25, -0.2) is 4.68 Å². The maximum absolute atomic E-state index is 10.9. The quantitative estimate of drug-likeness (QED) is 0.493. The number of hydrogen-bond acceptors (Lipinski definition) is 5. The maximum atomic E-state index is 10.9. The average molecular weight is 199 g/mol. The van der Waals surface area contributed by atoms with Crippen molar-refractivity contribution in [2.75, 3.05) is 19.8 Å². The van der Waals surface area contributed by atoms with Crippen molar-refractivity contribution >= 4 is 5.78 Å². The van der Waals surface area contributed by atoms with Gasteiger partial charge in [-0.2, -0.15) is 0 Å². The zero-order valence-corrected chi connectivity index (χ0v) is 8.01. The molecule has 0 spiro atoms. The Bertz CT molecular complexity index is 298. The first-order valence-corrected chi connectivity index (χ1v) is 4.33. The summed E-state index contributed by atoms with van der Waals surface area (Å²) in [6.45, 7) is 2.74. The van der Waals surface area contributed by atoms with Crippen molar-refractivity contribution in [2.24, 2.45) is 0 Å². The largest absolute Gasteiger partial charge is 0.394 e. The number of Topliss-reactive ketones (excluding diaryl/α,β-unsaturated/α-hetero) is 1. The van der Waals surface area contributed by atoms with Crippen LogP contribution in [-0.4, -0.2) is 45.7 Å². The first kappa shape index (κ1) is 10.8. The summed E-state index contributed by atoms with van der Waals surface area (Å²) in [5.41, 5.74) is 0.354. The van der Waals surface area contributed by atoms with Crippen LogP contribution in [0.3, 0.4) is 0 Å². The van der Waals surface area contributed by atoms with E-state index in [1.165, 1.54) is 11.6 Å². The van der Waals surface area contributed by atoms with Gasteiger partial charge in [-0.05, 0) is 0 Å². The van der Waals surface area contributed by atoms with Gasteiger partial charge in [0.15, 0.2) is 5.78 Å². The predicted octanol–water partition coefficient (Wildman–Crippen LogP) is -0.510. The van der Waals surface area contributed by atoms with E-state index >= 15 is 0 Å². The number of aromatic nitrogens is 3. The van der Waals surface area contributed by atoms with Crippen LogP contribution in [0.15, 0.2) is 6.20 Å². The van der Waals surface area contributed by atoms with Crippen LogP contribution in [0.1, 0.15) is 17.4 Å². The molecule has 0 aliphatic carbocycles. The topological polar surface area (TPSA) is 77.2 Å². The van der Waals surface area contributed by atoms with Crippen LogP contribution in [0.5, 0.6) is 0 Å². The standard InChI is InChI=1S/C8H13N3O3/c1-7(13)8-6-11(10-9-8)2-4-14-5-3-12/h6,12H,2-5H2,1H3. The lowest BCUT2D eigenvalue weighted by Gasteiger charge is -2.00. The van der Waals surface area contributed by atoms with Gasteiger partial charge in [0.25, 0.3) is 0 Å². The molecule has 0 amide bonds. The van der Waals surface area contributed by atoms with Crippen molar-refractivity contribution in [1.82, 2.24) is 15.0 Å². The van der Waals surface area contributed by atoms with Crippen molar-refractivity contribution in [2.45, 2.75) is 13.5 Å². The molecule has 0 unspecified atom stereocenters. The van der Waals surface area contributed by atoms with Gasteiger partial charge in [-0.1, -0.05) is 5.21 Å². The second kappa shape index (κ2) is 5.46. The normalized spacial score (nSPS) is 10.4. The average Bonchev–Trinajstić information content (AvgIpc) is 2.61. The van der Waals surface area contributed by atoms with Crippen molar-refractivity contribution in [1.29, 1.82) is 0 Å². The molecule has 78 valence electrons. The third-order valence-corrected chi connectivity index (χ3v) is 1.60. The SMILES string of the molecule is CC(=O)c1cn(CCOCCO)nn1. The Morgan fingerprint density at radius 2 is 2.43 bits per heavy atom. The number of rotatable bonds is 6. The Labute approximate surface area is 81.5 Å². The highest BCUT2D eigenvalue weighted by molar-refractivity contribution is 5.91. The minimum Gasteiger partial charge on any atom is -0.394 e. The summed E-state index contributed by atoms with van der Waals surface area (Å²) in [5.74, 6) is -0.104. The van der Waals surface area contributed by atoms with Gasteiger partial charge in [-0.15, -0.1) is 5.10 Å². The first-order chi connectivity index (χ1) is 6.74. The Balaban J connectivity index is 2.33. The molecule has 6 heteroatoms. The Kier molecular flexibility index (Phi) is 4.21. The maximum Gasteiger partial charge on any atom is 0.181 e. The highest BCUT2D eigenvalue weighted by Crippen LogP contribution is 1.93. The minimum absolute atomic E-state index is 0.00997. The van der Waals surface area contributed by atoms with Crippen molar-refractivity contribution < 1.29 is 14.6 Å². The molecular formula is C8H13N3O3. The fourth-order valence-corrected chi connectivity index (χ4v) is 0.894. The lowest BCUT2D eigenvalue weighted by molar-refractivity contribution is 0.0851. The van der Waals surface area contributed by atoms with E-state index in [4.69, 9.17) is 9.84 Å². The third-order valence-electron chi connectivity index (χ3n) is 1.60. The van der Waals surface area contributed by atoms with Gasteiger partial charge in [0.1, 0.15) is 5.69 Å². The molecule has 1 aromatic rings. The number of aliphatic hydroxyl groups excluding tert-OH is 1. The van der Waals surface area contributed by atoms with E-state index in [0.717, 1.165) is 0 Å². The number of hydrogen-bond donors (Lipinski definition) is 1. The molecule has 1 rings (SSSR count). The van der Waals surface area contributed by atoms with Gasteiger partial charge in [-0.3, -0.25) is 4.79 Å². The molecule has 0 aliphatic rings. The molecule has 0 saturated heterocycles. The molecule has 6 nitrogen and oxygen atoms in total. The van der Waals surface area contributed by atoms with Gasteiger partial charge in [0.05, 0.1) is 32.6 Å². The van der Waals surface area contributed by atoms with E-state index in [1.807, 2.05) is 0 Å². The van der Waals surface area contributed by atoms with E-state index in [-0.39, 0.29) is 12.4 Å². The lowest BCUT2D eigenvalue weighted by Crippen LogP contribution is -2.08. The Morgan fingerprint density at radius 1 is 1.64 bits per heavy atom. The van der Waals surface area contributed by atoms with Crippen molar-refractivity contribution in [3.8, 4) is 0 Å². The number of carbonyl (C=O) groups is 1. The predicted molar refractivity (Wildman–Crippen MR) is 47.9 cm³/mol. The van der Waals surface area contributed by atoms with Gasteiger partial charge in [0, 0.05) is 6.92 Å². The highest BCUT2D eigenvalue weighted by Gasteiger charge is 2.04. The van der Waals surface area contributed by atoms with E-state index in [9.17, 15) is 4.79 Å². The monoisotopic (exact) mass is 199 g/mol. The van der Waals surface area contributed by atoms with Crippen LogP contribution in [-0.2, 0) is 11.3 Å². The van der Waals surface area contributed by atoms with Gasteiger partial charge < -0.3 is 9.84 Å². The molecule has 0 fully saturated rings. The van der Waals surface area contributed by atoms with Crippen LogP contribution in [0.4, 0.5) is 0 Å². The summed E-state index contributed by atoms with van der Waals surface area (Å²) in [7, 11) is 0. The van der Waals surface area contributed by atoms with E-state index in [2.05, 4.69) is 10.3 Å². The summed E-state index contributed by atoms with van der Waals surface area (Å²) in [5, 5.41) is 15.8. The number of aliphatic hydroxyl groups is 1. The van der Waals surface area contributed by atoms with Gasteiger partial charge in [0.2, 0.25) is 0 Å². The molecule has 0 bridgehead atoms. The second-order valence-corrected chi connectivity index (χ2v) is 2.76. The fraction of sp³-hybridized carbons (Fsp3) is 0.625. The molecule has 1 heterocycles. The summed E-state index contributed by atoms with van der Waals surface area (Å²) in [4.78, 5) is 10.9. The molecule has 0 saturated carbocycles. The van der Waals surface area contributed by atoms with Crippen LogP contribution < -0.4 is 0 Å². The third kappa shape index (κ3) is 3.23. The highest BCUT2D eigenvalue weighted by atomic mass is 16.5. The molecule has 14 heavy (non-hydrogen) atoms. The Morgan fingerprint density at radius 3 is 3.00 bits per heavy atom. The Hall–Kier alpha value is -1.27. The van der Waals surface area contributed by atoms with Crippen molar-refractivity contribution in [3.63, 3.8) is 0 Å². The summed E-state index contributed by atoms with van der Waals surface area (Å²) in [6.07, 6.45) is 1.57. The molecular weight excluding hydrogens is 186 g/mol. The number of ketones is 1. The van der Waals surface area contributed by atoms with E-state index in [0.29, 0.717) is 25.5 Å². The summed E-state index contributed by atoms with van der Waals surface area (Å²) >= 11 is 0. The molecule has 0 radical (unpaired) electrons. The molecule has 1 N–H and O–H groups in total. The first-order valence-electron chi connectivity index (χ1n) is 4.33. The van der Waals surface area contributed by atoms with Crippen LogP contribution >= 0.6 is 0 Å².